The predicted octanol–water partition coefficient (Wildman–Crippen LogP) is 2.87. The average Bonchev–Trinajstić information content (AvgIpc) is 2.96. The first kappa shape index (κ1) is 14.0. The molecule has 1 heterocycles. The summed E-state index contributed by atoms with van der Waals surface area (Å²) in [5, 5.41) is 3.57. The van der Waals surface area contributed by atoms with Crippen molar-refractivity contribution in [2.75, 3.05) is 13.7 Å². The number of aromatic nitrogens is 2. The van der Waals surface area contributed by atoms with Gasteiger partial charge in [0.15, 0.2) is 0 Å². The van der Waals surface area contributed by atoms with Crippen molar-refractivity contribution in [3.8, 4) is 5.88 Å². The number of aryl methyl sites for hydroxylation is 1. The van der Waals surface area contributed by atoms with E-state index in [1.165, 1.54) is 11.1 Å². The van der Waals surface area contributed by atoms with Crippen LogP contribution in [0.4, 0.5) is 0 Å². The van der Waals surface area contributed by atoms with Crippen LogP contribution in [0.15, 0.2) is 36.7 Å². The summed E-state index contributed by atoms with van der Waals surface area (Å²) in [5.74, 6) is 1.04. The molecule has 1 aromatic carbocycles. The molecule has 0 bridgehead atoms. The number of fused-ring (bicyclic) bond motifs is 1. The number of rotatable bonds is 5. The molecule has 0 amide bonds. The first-order valence-corrected chi connectivity index (χ1v) is 7.51. The second-order valence-electron chi connectivity index (χ2n) is 5.33. The van der Waals surface area contributed by atoms with E-state index in [0.717, 1.165) is 25.1 Å². The van der Waals surface area contributed by atoms with E-state index in [4.69, 9.17) is 4.74 Å². The van der Waals surface area contributed by atoms with Crippen LogP contribution in [0, 0.1) is 0 Å². The minimum Gasteiger partial charge on any atom is -0.480 e. The number of benzene rings is 1. The summed E-state index contributed by atoms with van der Waals surface area (Å²) in [7, 11) is 1.65. The van der Waals surface area contributed by atoms with Crippen molar-refractivity contribution in [3.05, 3.63) is 53.5 Å². The third kappa shape index (κ3) is 2.63. The molecule has 3 rings (SSSR count). The van der Waals surface area contributed by atoms with Gasteiger partial charge in [-0.3, -0.25) is 4.98 Å². The van der Waals surface area contributed by atoms with Crippen LogP contribution in [0.3, 0.4) is 0 Å². The van der Waals surface area contributed by atoms with Crippen molar-refractivity contribution >= 4 is 0 Å². The van der Waals surface area contributed by atoms with Gasteiger partial charge in [-0.15, -0.1) is 0 Å². The summed E-state index contributed by atoms with van der Waals surface area (Å²) in [6.45, 7) is 3.01. The van der Waals surface area contributed by atoms with Gasteiger partial charge in [-0.05, 0) is 30.5 Å². The maximum absolute atomic E-state index is 5.41. The van der Waals surface area contributed by atoms with Gasteiger partial charge >= 0.3 is 0 Å². The number of hydrogen-bond donors (Lipinski definition) is 1. The Labute approximate surface area is 125 Å². The highest BCUT2D eigenvalue weighted by molar-refractivity contribution is 5.38. The lowest BCUT2D eigenvalue weighted by atomic mass is 9.91. The van der Waals surface area contributed by atoms with E-state index in [-0.39, 0.29) is 6.04 Å². The molecule has 0 spiro atoms. The first-order chi connectivity index (χ1) is 10.3. The molecule has 0 saturated carbocycles. The Kier molecular flexibility index (Phi) is 4.15. The van der Waals surface area contributed by atoms with Crippen LogP contribution in [0.5, 0.6) is 5.88 Å². The third-order valence-corrected chi connectivity index (χ3v) is 4.18. The molecule has 110 valence electrons. The second kappa shape index (κ2) is 6.22. The van der Waals surface area contributed by atoms with Gasteiger partial charge in [0.2, 0.25) is 5.88 Å². The van der Waals surface area contributed by atoms with Crippen molar-refractivity contribution in [1.29, 1.82) is 0 Å². The average molecular weight is 283 g/mol. The van der Waals surface area contributed by atoms with E-state index in [9.17, 15) is 0 Å². The molecule has 0 fully saturated rings. The van der Waals surface area contributed by atoms with E-state index >= 15 is 0 Å². The van der Waals surface area contributed by atoms with Crippen molar-refractivity contribution in [2.45, 2.75) is 31.7 Å². The number of methoxy groups -OCH3 is 1. The molecule has 1 aliphatic carbocycles. The molecule has 4 heteroatoms. The summed E-state index contributed by atoms with van der Waals surface area (Å²) in [6.07, 6.45) is 5.68. The Morgan fingerprint density at radius 1 is 1.29 bits per heavy atom. The lowest BCUT2D eigenvalue weighted by Gasteiger charge is -2.25. The molecule has 0 saturated heterocycles. The zero-order chi connectivity index (χ0) is 14.7. The zero-order valence-corrected chi connectivity index (χ0v) is 12.5. The van der Waals surface area contributed by atoms with Crippen LogP contribution in [0.2, 0.25) is 0 Å². The minimum atomic E-state index is 0.141. The number of nitrogens with zero attached hydrogens (tertiary/aromatic N) is 2. The second-order valence-corrected chi connectivity index (χ2v) is 5.33. The van der Waals surface area contributed by atoms with Gasteiger partial charge < -0.3 is 10.1 Å². The van der Waals surface area contributed by atoms with Gasteiger partial charge in [-0.1, -0.05) is 31.2 Å². The molecule has 0 aliphatic heterocycles. The molecule has 1 aromatic heterocycles. The van der Waals surface area contributed by atoms with Crippen LogP contribution in [-0.4, -0.2) is 23.6 Å². The van der Waals surface area contributed by atoms with Crippen molar-refractivity contribution < 1.29 is 4.74 Å². The first-order valence-electron chi connectivity index (χ1n) is 7.51. The topological polar surface area (TPSA) is 47.0 Å². The Balaban J connectivity index is 2.00. The Bertz CT molecular complexity index is 614. The quantitative estimate of drug-likeness (QED) is 0.916. The lowest BCUT2D eigenvalue weighted by Crippen LogP contribution is -2.27. The highest BCUT2D eigenvalue weighted by Gasteiger charge is 2.32. The van der Waals surface area contributed by atoms with Crippen LogP contribution in [0.25, 0.3) is 0 Å². The number of ether oxygens (including phenoxy) is 1. The monoisotopic (exact) mass is 283 g/mol. The van der Waals surface area contributed by atoms with Gasteiger partial charge in [0.05, 0.1) is 13.2 Å². The summed E-state index contributed by atoms with van der Waals surface area (Å²) < 4.78 is 5.41. The van der Waals surface area contributed by atoms with Gasteiger partial charge in [0.1, 0.15) is 5.69 Å². The van der Waals surface area contributed by atoms with Gasteiger partial charge in [0, 0.05) is 18.3 Å². The fraction of sp³-hybridized carbons (Fsp3) is 0.412. The Morgan fingerprint density at radius 3 is 2.90 bits per heavy atom. The molecule has 2 atom stereocenters. The van der Waals surface area contributed by atoms with Crippen LogP contribution in [-0.2, 0) is 6.42 Å². The highest BCUT2D eigenvalue weighted by atomic mass is 16.5. The largest absolute Gasteiger partial charge is 0.480 e. The van der Waals surface area contributed by atoms with Crippen LogP contribution >= 0.6 is 0 Å². The van der Waals surface area contributed by atoms with E-state index in [0.29, 0.717) is 11.8 Å². The van der Waals surface area contributed by atoms with Crippen molar-refractivity contribution in [2.24, 2.45) is 0 Å². The standard InChI is InChI=1S/C17H21N3O/c1-3-18-15(16-17(21-2)20-11-10-19-16)14-9-8-12-6-4-5-7-13(12)14/h4-7,10-11,14-15,18H,3,8-9H2,1-2H3. The van der Waals surface area contributed by atoms with E-state index in [2.05, 4.69) is 46.5 Å². The summed E-state index contributed by atoms with van der Waals surface area (Å²) in [4.78, 5) is 8.84. The predicted molar refractivity (Wildman–Crippen MR) is 82.5 cm³/mol. The van der Waals surface area contributed by atoms with Gasteiger partial charge in [-0.25, -0.2) is 4.98 Å². The molecular formula is C17H21N3O. The van der Waals surface area contributed by atoms with E-state index in [1.54, 1.807) is 19.5 Å². The molecule has 2 aromatic rings. The number of hydrogen-bond acceptors (Lipinski definition) is 4. The lowest BCUT2D eigenvalue weighted by molar-refractivity contribution is 0.364. The van der Waals surface area contributed by atoms with Crippen molar-refractivity contribution in [3.63, 3.8) is 0 Å². The van der Waals surface area contributed by atoms with Crippen LogP contribution in [0.1, 0.15) is 42.1 Å². The summed E-state index contributed by atoms with van der Waals surface area (Å²) in [5.41, 5.74) is 3.79. The zero-order valence-electron chi connectivity index (χ0n) is 12.5. The fourth-order valence-electron chi connectivity index (χ4n) is 3.29. The highest BCUT2D eigenvalue weighted by Crippen LogP contribution is 2.42. The van der Waals surface area contributed by atoms with E-state index in [1.807, 2.05) is 0 Å². The normalized spacial score (nSPS) is 18.3. The molecule has 21 heavy (non-hydrogen) atoms. The minimum absolute atomic E-state index is 0.141. The molecule has 4 nitrogen and oxygen atoms in total. The summed E-state index contributed by atoms with van der Waals surface area (Å²) in [6, 6.07) is 8.84. The number of nitrogens with one attached hydrogen (secondary N) is 1. The third-order valence-electron chi connectivity index (χ3n) is 4.18. The smallest absolute Gasteiger partial charge is 0.237 e. The molecule has 0 radical (unpaired) electrons. The number of likely N-dealkylation sites (N-methyl/N-ethyl adjacent to an activating group) is 1. The summed E-state index contributed by atoms with van der Waals surface area (Å²) >= 11 is 0. The Hall–Kier alpha value is -1.94. The SMILES string of the molecule is CCNC(c1nccnc1OC)C1CCc2ccccc21. The molecular weight excluding hydrogens is 262 g/mol. The molecule has 1 N–H and O–H groups in total. The fourth-order valence-corrected chi connectivity index (χ4v) is 3.29. The molecule has 1 aliphatic rings. The maximum Gasteiger partial charge on any atom is 0.237 e. The van der Waals surface area contributed by atoms with E-state index < -0.39 is 0 Å². The Morgan fingerprint density at radius 2 is 2.10 bits per heavy atom. The van der Waals surface area contributed by atoms with Crippen LogP contribution < -0.4 is 10.1 Å². The van der Waals surface area contributed by atoms with Gasteiger partial charge in [-0.2, -0.15) is 0 Å². The maximum atomic E-state index is 5.41. The van der Waals surface area contributed by atoms with Crippen molar-refractivity contribution in [1.82, 2.24) is 15.3 Å². The van der Waals surface area contributed by atoms with Gasteiger partial charge in [0.25, 0.3) is 0 Å². The molecule has 2 unspecified atom stereocenters.